The van der Waals surface area contributed by atoms with Gasteiger partial charge < -0.3 is 10.5 Å². The van der Waals surface area contributed by atoms with Crippen molar-refractivity contribution in [1.29, 1.82) is 0 Å². The highest BCUT2D eigenvalue weighted by Gasteiger charge is 2.50. The summed E-state index contributed by atoms with van der Waals surface area (Å²) in [5, 5.41) is 0. The van der Waals surface area contributed by atoms with E-state index in [9.17, 15) is 0 Å². The van der Waals surface area contributed by atoms with Crippen molar-refractivity contribution in [2.75, 3.05) is 0 Å². The van der Waals surface area contributed by atoms with E-state index < -0.39 is 0 Å². The fraction of sp³-hybridized carbons (Fsp3) is 0.538. The molecular weight excluding hydrogens is 266 g/mol. The van der Waals surface area contributed by atoms with E-state index in [1.807, 2.05) is 24.3 Å². The molecule has 3 heteroatoms. The third kappa shape index (κ3) is 1.98. The maximum atomic E-state index is 6.05. The van der Waals surface area contributed by atoms with E-state index in [-0.39, 0.29) is 17.6 Å². The number of ether oxygens (including phenoxy) is 1. The summed E-state index contributed by atoms with van der Waals surface area (Å²) in [5.74, 6) is 0.922. The third-order valence-corrected chi connectivity index (χ3v) is 4.38. The molecule has 1 aliphatic rings. The van der Waals surface area contributed by atoms with Gasteiger partial charge in [0.2, 0.25) is 0 Å². The van der Waals surface area contributed by atoms with Gasteiger partial charge >= 0.3 is 0 Å². The first kappa shape index (κ1) is 11.9. The minimum absolute atomic E-state index is 0.127. The molecule has 0 bridgehead atoms. The normalized spacial score (nSPS) is 33.2. The van der Waals surface area contributed by atoms with Crippen LogP contribution >= 0.6 is 15.9 Å². The molecule has 16 heavy (non-hydrogen) atoms. The first-order valence-electron chi connectivity index (χ1n) is 5.74. The zero-order valence-corrected chi connectivity index (χ0v) is 11.3. The Hall–Kier alpha value is -0.540. The van der Waals surface area contributed by atoms with Crippen molar-refractivity contribution in [3.8, 4) is 5.75 Å². The van der Waals surface area contributed by atoms with Crippen LogP contribution in [-0.2, 0) is 0 Å². The van der Waals surface area contributed by atoms with Crippen LogP contribution in [0.1, 0.15) is 26.7 Å². The highest BCUT2D eigenvalue weighted by Crippen LogP contribution is 2.44. The van der Waals surface area contributed by atoms with Crippen LogP contribution in [0.4, 0.5) is 0 Å². The standard InChI is InChI=1S/C13H18BrNO/c1-3-13(2)11(15)8-12(13)16-10-6-4-5-9(14)7-10/h4-7,11-12H,3,8,15H2,1-2H3. The van der Waals surface area contributed by atoms with Crippen molar-refractivity contribution < 1.29 is 4.74 Å². The van der Waals surface area contributed by atoms with Crippen LogP contribution < -0.4 is 10.5 Å². The van der Waals surface area contributed by atoms with Crippen molar-refractivity contribution in [3.05, 3.63) is 28.7 Å². The maximum Gasteiger partial charge on any atom is 0.120 e. The lowest BCUT2D eigenvalue weighted by Gasteiger charge is -2.51. The lowest BCUT2D eigenvalue weighted by molar-refractivity contribution is -0.0560. The molecule has 2 nitrogen and oxygen atoms in total. The van der Waals surface area contributed by atoms with Gasteiger partial charge in [-0.25, -0.2) is 0 Å². The average molecular weight is 284 g/mol. The van der Waals surface area contributed by atoms with Crippen LogP contribution in [0, 0.1) is 5.41 Å². The summed E-state index contributed by atoms with van der Waals surface area (Å²) in [6, 6.07) is 8.25. The lowest BCUT2D eigenvalue weighted by atomic mass is 9.62. The molecule has 1 aromatic carbocycles. The molecule has 0 aromatic heterocycles. The van der Waals surface area contributed by atoms with E-state index in [1.165, 1.54) is 0 Å². The van der Waals surface area contributed by atoms with Crippen molar-refractivity contribution in [2.45, 2.75) is 38.8 Å². The van der Waals surface area contributed by atoms with Crippen LogP contribution in [0.5, 0.6) is 5.75 Å². The smallest absolute Gasteiger partial charge is 0.120 e. The Morgan fingerprint density at radius 3 is 2.88 bits per heavy atom. The summed E-state index contributed by atoms with van der Waals surface area (Å²) in [6.45, 7) is 4.39. The van der Waals surface area contributed by atoms with Gasteiger partial charge in [-0.3, -0.25) is 0 Å². The van der Waals surface area contributed by atoms with Gasteiger partial charge in [-0.05, 0) is 24.6 Å². The van der Waals surface area contributed by atoms with Gasteiger partial charge in [0.1, 0.15) is 11.9 Å². The molecule has 0 heterocycles. The zero-order chi connectivity index (χ0) is 11.8. The second kappa shape index (κ2) is 4.38. The Labute approximate surface area is 105 Å². The molecule has 2 rings (SSSR count). The molecule has 0 saturated heterocycles. The fourth-order valence-corrected chi connectivity index (χ4v) is 2.60. The monoisotopic (exact) mass is 283 g/mol. The molecule has 0 spiro atoms. The summed E-state index contributed by atoms with van der Waals surface area (Å²) >= 11 is 3.44. The van der Waals surface area contributed by atoms with Gasteiger partial charge in [0.05, 0.1) is 0 Å². The van der Waals surface area contributed by atoms with Crippen molar-refractivity contribution >= 4 is 15.9 Å². The molecule has 1 fully saturated rings. The minimum Gasteiger partial charge on any atom is -0.490 e. The third-order valence-electron chi connectivity index (χ3n) is 3.89. The fourth-order valence-electron chi connectivity index (χ4n) is 2.22. The predicted octanol–water partition coefficient (Wildman–Crippen LogP) is 3.34. The van der Waals surface area contributed by atoms with E-state index in [1.54, 1.807) is 0 Å². The molecule has 88 valence electrons. The molecular formula is C13H18BrNO. The molecule has 3 unspecified atom stereocenters. The molecule has 1 aromatic rings. The van der Waals surface area contributed by atoms with Crippen molar-refractivity contribution in [3.63, 3.8) is 0 Å². The lowest BCUT2D eigenvalue weighted by Crippen LogP contribution is -2.61. The Morgan fingerprint density at radius 1 is 1.56 bits per heavy atom. The van der Waals surface area contributed by atoms with Crippen LogP contribution in [0.2, 0.25) is 0 Å². The Kier molecular flexibility index (Phi) is 3.27. The average Bonchev–Trinajstić information content (AvgIpc) is 2.27. The Bertz CT molecular complexity index is 382. The second-order valence-corrected chi connectivity index (χ2v) is 5.68. The maximum absolute atomic E-state index is 6.05. The summed E-state index contributed by atoms with van der Waals surface area (Å²) in [4.78, 5) is 0. The topological polar surface area (TPSA) is 35.2 Å². The van der Waals surface area contributed by atoms with Gasteiger partial charge in [0.25, 0.3) is 0 Å². The van der Waals surface area contributed by atoms with Crippen LogP contribution in [0.3, 0.4) is 0 Å². The summed E-state index contributed by atoms with van der Waals surface area (Å²) in [5.41, 5.74) is 6.18. The zero-order valence-electron chi connectivity index (χ0n) is 9.74. The molecule has 0 aliphatic heterocycles. The highest BCUT2D eigenvalue weighted by atomic mass is 79.9. The minimum atomic E-state index is 0.127. The van der Waals surface area contributed by atoms with E-state index in [0.29, 0.717) is 0 Å². The number of benzene rings is 1. The molecule has 2 N–H and O–H groups in total. The predicted molar refractivity (Wildman–Crippen MR) is 69.5 cm³/mol. The van der Waals surface area contributed by atoms with E-state index >= 15 is 0 Å². The first-order chi connectivity index (χ1) is 7.56. The summed E-state index contributed by atoms with van der Waals surface area (Å²) in [7, 11) is 0. The molecule has 1 saturated carbocycles. The van der Waals surface area contributed by atoms with Gasteiger partial charge in [-0.2, -0.15) is 0 Å². The second-order valence-electron chi connectivity index (χ2n) is 4.77. The Morgan fingerprint density at radius 2 is 2.31 bits per heavy atom. The number of nitrogens with two attached hydrogens (primary N) is 1. The van der Waals surface area contributed by atoms with Gasteiger partial charge in [-0.1, -0.05) is 35.8 Å². The first-order valence-corrected chi connectivity index (χ1v) is 6.53. The van der Waals surface area contributed by atoms with Crippen LogP contribution in [0.25, 0.3) is 0 Å². The van der Waals surface area contributed by atoms with Crippen LogP contribution in [-0.4, -0.2) is 12.1 Å². The van der Waals surface area contributed by atoms with Gasteiger partial charge in [0, 0.05) is 22.4 Å². The van der Waals surface area contributed by atoms with Gasteiger partial charge in [-0.15, -0.1) is 0 Å². The van der Waals surface area contributed by atoms with E-state index in [4.69, 9.17) is 10.5 Å². The molecule has 0 amide bonds. The SMILES string of the molecule is CCC1(C)C(N)CC1Oc1cccc(Br)c1. The van der Waals surface area contributed by atoms with Gasteiger partial charge in [0.15, 0.2) is 0 Å². The van der Waals surface area contributed by atoms with Crippen molar-refractivity contribution in [2.24, 2.45) is 11.1 Å². The number of rotatable bonds is 3. The van der Waals surface area contributed by atoms with E-state index in [2.05, 4.69) is 29.8 Å². The summed E-state index contributed by atoms with van der Waals surface area (Å²) in [6.07, 6.45) is 2.27. The quantitative estimate of drug-likeness (QED) is 0.924. The number of halogens is 1. The van der Waals surface area contributed by atoms with Crippen LogP contribution in [0.15, 0.2) is 28.7 Å². The highest BCUT2D eigenvalue weighted by molar-refractivity contribution is 9.10. The Balaban J connectivity index is 2.06. The van der Waals surface area contributed by atoms with Crippen molar-refractivity contribution in [1.82, 2.24) is 0 Å². The molecule has 0 radical (unpaired) electrons. The number of hydrogen-bond donors (Lipinski definition) is 1. The van der Waals surface area contributed by atoms with E-state index in [0.717, 1.165) is 23.1 Å². The largest absolute Gasteiger partial charge is 0.490 e. The molecule has 1 aliphatic carbocycles. The molecule has 3 atom stereocenters. The number of hydrogen-bond acceptors (Lipinski definition) is 2. The summed E-state index contributed by atoms with van der Waals surface area (Å²) < 4.78 is 7.05.